The van der Waals surface area contributed by atoms with E-state index < -0.39 is 11.6 Å². The number of halogens is 2. The Morgan fingerprint density at radius 2 is 1.75 bits per heavy atom. The van der Waals surface area contributed by atoms with Gasteiger partial charge in [0.2, 0.25) is 0 Å². The normalized spacial score (nSPS) is 9.50. The summed E-state index contributed by atoms with van der Waals surface area (Å²) in [5.74, 6) is -1.21. The lowest BCUT2D eigenvalue weighted by Crippen LogP contribution is -1.89. The van der Waals surface area contributed by atoms with Crippen molar-refractivity contribution in [3.8, 4) is 0 Å². The zero-order valence-corrected chi connectivity index (χ0v) is 6.48. The van der Waals surface area contributed by atoms with Crippen LogP contribution in [0.15, 0.2) is 25.3 Å². The molecule has 0 amide bonds. The molecule has 0 fully saturated rings. The Morgan fingerprint density at radius 1 is 1.08 bits per heavy atom. The van der Waals surface area contributed by atoms with Crippen LogP contribution in [0, 0.1) is 11.6 Å². The second-order valence-electron chi connectivity index (χ2n) is 2.30. The van der Waals surface area contributed by atoms with E-state index in [1.165, 1.54) is 18.2 Å². The maximum absolute atomic E-state index is 12.9. The van der Waals surface area contributed by atoms with Gasteiger partial charge in [-0.2, -0.15) is 0 Å². The molecule has 12 heavy (non-hydrogen) atoms. The second kappa shape index (κ2) is 3.30. The van der Waals surface area contributed by atoms with Crippen LogP contribution >= 0.6 is 0 Å². The third-order valence-corrected chi connectivity index (χ3v) is 1.55. The first-order chi connectivity index (χ1) is 5.69. The lowest BCUT2D eigenvalue weighted by Gasteiger charge is -2.01. The second-order valence-corrected chi connectivity index (χ2v) is 2.30. The molecule has 0 heterocycles. The van der Waals surface area contributed by atoms with Crippen molar-refractivity contribution < 1.29 is 8.78 Å². The van der Waals surface area contributed by atoms with Gasteiger partial charge in [0.15, 0.2) is 0 Å². The molecule has 2 heteroatoms. The predicted molar refractivity (Wildman–Crippen MR) is 46.5 cm³/mol. The van der Waals surface area contributed by atoms with E-state index in [9.17, 15) is 8.78 Å². The van der Waals surface area contributed by atoms with E-state index in [2.05, 4.69) is 13.2 Å². The average Bonchev–Trinajstić information content (AvgIpc) is 2.03. The zero-order chi connectivity index (χ0) is 9.14. The van der Waals surface area contributed by atoms with E-state index in [1.807, 2.05) is 0 Å². The van der Waals surface area contributed by atoms with Gasteiger partial charge in [-0.3, -0.25) is 0 Å². The molecule has 0 radical (unpaired) electrons. The van der Waals surface area contributed by atoms with Crippen LogP contribution in [0.1, 0.15) is 11.1 Å². The van der Waals surface area contributed by atoms with Crippen molar-refractivity contribution in [2.75, 3.05) is 0 Å². The van der Waals surface area contributed by atoms with E-state index in [0.29, 0.717) is 5.56 Å². The molecule has 0 saturated carbocycles. The van der Waals surface area contributed by atoms with Gasteiger partial charge in [-0.05, 0) is 11.6 Å². The summed E-state index contributed by atoms with van der Waals surface area (Å²) in [7, 11) is 0. The highest BCUT2D eigenvalue weighted by Crippen LogP contribution is 2.17. The molecule has 0 aliphatic carbocycles. The van der Waals surface area contributed by atoms with Gasteiger partial charge >= 0.3 is 0 Å². The summed E-state index contributed by atoms with van der Waals surface area (Å²) >= 11 is 0. The summed E-state index contributed by atoms with van der Waals surface area (Å²) in [5, 5.41) is 0. The molecule has 0 N–H and O–H groups in total. The van der Waals surface area contributed by atoms with Crippen LogP contribution in [-0.4, -0.2) is 0 Å². The summed E-state index contributed by atoms with van der Waals surface area (Å²) in [6.07, 6.45) is 2.73. The summed E-state index contributed by atoms with van der Waals surface area (Å²) in [5.41, 5.74) is 0.703. The third kappa shape index (κ3) is 1.42. The summed E-state index contributed by atoms with van der Waals surface area (Å²) in [6, 6.07) is 2.04. The quantitative estimate of drug-likeness (QED) is 0.632. The van der Waals surface area contributed by atoms with Crippen LogP contribution < -0.4 is 0 Å². The average molecular weight is 166 g/mol. The van der Waals surface area contributed by atoms with Crippen molar-refractivity contribution in [3.05, 3.63) is 48.1 Å². The van der Waals surface area contributed by atoms with Gasteiger partial charge in [-0.1, -0.05) is 25.3 Å². The van der Waals surface area contributed by atoms with Crippen LogP contribution in [0.25, 0.3) is 12.2 Å². The summed E-state index contributed by atoms with van der Waals surface area (Å²) < 4.78 is 25.5. The van der Waals surface area contributed by atoms with E-state index >= 15 is 0 Å². The number of hydrogen-bond donors (Lipinski definition) is 0. The van der Waals surface area contributed by atoms with E-state index in [1.54, 1.807) is 0 Å². The minimum absolute atomic E-state index is 0.284. The zero-order valence-electron chi connectivity index (χ0n) is 6.48. The van der Waals surface area contributed by atoms with E-state index in [-0.39, 0.29) is 5.56 Å². The van der Waals surface area contributed by atoms with Crippen molar-refractivity contribution in [2.24, 2.45) is 0 Å². The Hall–Kier alpha value is -1.44. The Balaban J connectivity index is 3.43. The lowest BCUT2D eigenvalue weighted by atomic mass is 10.1. The van der Waals surface area contributed by atoms with Crippen LogP contribution in [-0.2, 0) is 0 Å². The number of hydrogen-bond acceptors (Lipinski definition) is 0. The van der Waals surface area contributed by atoms with Crippen molar-refractivity contribution in [2.45, 2.75) is 0 Å². The molecule has 0 aromatic heterocycles. The predicted octanol–water partition coefficient (Wildman–Crippen LogP) is 3.25. The molecule has 0 spiro atoms. The number of rotatable bonds is 2. The van der Waals surface area contributed by atoms with Crippen LogP contribution in [0.3, 0.4) is 0 Å². The van der Waals surface area contributed by atoms with Gasteiger partial charge in [-0.25, -0.2) is 8.78 Å². The van der Waals surface area contributed by atoms with Crippen molar-refractivity contribution in [1.29, 1.82) is 0 Å². The fraction of sp³-hybridized carbons (Fsp3) is 0. The first-order valence-corrected chi connectivity index (χ1v) is 3.43. The number of benzene rings is 1. The molecule has 0 nitrogen and oxygen atoms in total. The molecule has 0 aliphatic heterocycles. The van der Waals surface area contributed by atoms with E-state index in [4.69, 9.17) is 0 Å². The van der Waals surface area contributed by atoms with Gasteiger partial charge in [0.25, 0.3) is 0 Å². The Bertz CT molecular complexity index is 327. The smallest absolute Gasteiger partial charge is 0.133 e. The van der Waals surface area contributed by atoms with Gasteiger partial charge in [0, 0.05) is 11.6 Å². The Morgan fingerprint density at radius 3 is 2.25 bits per heavy atom. The first kappa shape index (κ1) is 8.65. The monoisotopic (exact) mass is 166 g/mol. The van der Waals surface area contributed by atoms with Crippen molar-refractivity contribution in [3.63, 3.8) is 0 Å². The van der Waals surface area contributed by atoms with Gasteiger partial charge in [-0.15, -0.1) is 0 Å². The van der Waals surface area contributed by atoms with Gasteiger partial charge < -0.3 is 0 Å². The summed E-state index contributed by atoms with van der Waals surface area (Å²) in [4.78, 5) is 0. The van der Waals surface area contributed by atoms with Crippen molar-refractivity contribution >= 4 is 12.2 Å². The van der Waals surface area contributed by atoms with E-state index in [0.717, 1.165) is 6.07 Å². The lowest BCUT2D eigenvalue weighted by molar-refractivity contribution is 0.581. The highest BCUT2D eigenvalue weighted by molar-refractivity contribution is 5.63. The third-order valence-electron chi connectivity index (χ3n) is 1.55. The largest absolute Gasteiger partial charge is 0.207 e. The molecule has 0 bridgehead atoms. The minimum atomic E-state index is -0.611. The maximum atomic E-state index is 12.9. The summed E-state index contributed by atoms with van der Waals surface area (Å²) in [6.45, 7) is 6.86. The van der Waals surface area contributed by atoms with Crippen LogP contribution in [0.4, 0.5) is 8.78 Å². The molecule has 1 aromatic carbocycles. The highest BCUT2D eigenvalue weighted by Gasteiger charge is 2.04. The molecule has 0 saturated heterocycles. The molecule has 62 valence electrons. The highest BCUT2D eigenvalue weighted by atomic mass is 19.1. The van der Waals surface area contributed by atoms with Crippen molar-refractivity contribution in [1.82, 2.24) is 0 Å². The SMILES string of the molecule is C=Cc1cc(F)cc(F)c1C=C. The topological polar surface area (TPSA) is 0 Å². The minimum Gasteiger partial charge on any atom is -0.207 e. The molecule has 0 atom stereocenters. The fourth-order valence-electron chi connectivity index (χ4n) is 0.989. The Kier molecular flexibility index (Phi) is 2.38. The molecular weight excluding hydrogens is 158 g/mol. The standard InChI is InChI=1S/C10H8F2/c1-3-7-5-8(11)6-10(12)9(7)4-2/h3-6H,1-2H2. The van der Waals surface area contributed by atoms with Crippen LogP contribution in [0.5, 0.6) is 0 Å². The first-order valence-electron chi connectivity index (χ1n) is 3.43. The maximum Gasteiger partial charge on any atom is 0.133 e. The fourth-order valence-corrected chi connectivity index (χ4v) is 0.989. The van der Waals surface area contributed by atoms with Crippen LogP contribution in [0.2, 0.25) is 0 Å². The molecular formula is C10H8F2. The van der Waals surface area contributed by atoms with Gasteiger partial charge in [0.1, 0.15) is 11.6 Å². The molecule has 0 unspecified atom stereocenters. The Labute approximate surface area is 69.8 Å². The van der Waals surface area contributed by atoms with Gasteiger partial charge in [0.05, 0.1) is 0 Å². The molecule has 1 aromatic rings. The molecule has 1 rings (SSSR count). The molecule has 0 aliphatic rings.